The van der Waals surface area contributed by atoms with Crippen LogP contribution in [0.1, 0.15) is 35.0 Å². The molecule has 0 aromatic carbocycles. The first-order valence-electron chi connectivity index (χ1n) is 7.50. The van der Waals surface area contributed by atoms with Crippen molar-refractivity contribution in [1.29, 1.82) is 0 Å². The molecular weight excluding hydrogens is 300 g/mol. The molecule has 2 aromatic heterocycles. The number of methoxy groups -OCH3 is 2. The van der Waals surface area contributed by atoms with Crippen LogP contribution in [0, 0.1) is 0 Å². The van der Waals surface area contributed by atoms with Gasteiger partial charge in [-0.1, -0.05) is 0 Å². The lowest BCUT2D eigenvalue weighted by molar-refractivity contribution is 0.0593. The van der Waals surface area contributed by atoms with Crippen LogP contribution < -0.4 is 4.74 Å². The fourth-order valence-corrected chi connectivity index (χ4v) is 2.84. The van der Waals surface area contributed by atoms with Gasteiger partial charge in [-0.2, -0.15) is 0 Å². The molecule has 1 unspecified atom stereocenters. The average molecular weight is 320 g/mol. The van der Waals surface area contributed by atoms with Crippen LogP contribution in [0.2, 0.25) is 0 Å². The number of ether oxygens (including phenoxy) is 2. The molecular formula is C15H20N4O4. The SMILES string of the molecule is COCCc1cnc2n1CCN(C(=O)c1cc(OC)no1)C2C. The number of imidazole rings is 1. The van der Waals surface area contributed by atoms with Gasteiger partial charge < -0.3 is 23.5 Å². The van der Waals surface area contributed by atoms with Crippen molar-refractivity contribution in [3.63, 3.8) is 0 Å². The average Bonchev–Trinajstić information content (AvgIpc) is 3.20. The van der Waals surface area contributed by atoms with E-state index in [0.29, 0.717) is 25.6 Å². The van der Waals surface area contributed by atoms with Gasteiger partial charge in [-0.15, -0.1) is 0 Å². The van der Waals surface area contributed by atoms with E-state index in [1.165, 1.54) is 13.2 Å². The monoisotopic (exact) mass is 320 g/mol. The van der Waals surface area contributed by atoms with Crippen molar-refractivity contribution in [3.8, 4) is 5.88 Å². The highest BCUT2D eigenvalue weighted by molar-refractivity contribution is 5.92. The minimum Gasteiger partial charge on any atom is -0.479 e. The first kappa shape index (κ1) is 15.5. The Morgan fingerprint density at radius 3 is 2.96 bits per heavy atom. The molecule has 23 heavy (non-hydrogen) atoms. The maximum absolute atomic E-state index is 12.6. The van der Waals surface area contributed by atoms with Gasteiger partial charge in [0.15, 0.2) is 0 Å². The van der Waals surface area contributed by atoms with Crippen LogP contribution in [0.5, 0.6) is 5.88 Å². The molecule has 8 nitrogen and oxygen atoms in total. The molecule has 8 heteroatoms. The summed E-state index contributed by atoms with van der Waals surface area (Å²) in [5, 5.41) is 3.68. The van der Waals surface area contributed by atoms with Crippen molar-refractivity contribution < 1.29 is 18.8 Å². The van der Waals surface area contributed by atoms with E-state index >= 15 is 0 Å². The number of carbonyl (C=O) groups is 1. The zero-order chi connectivity index (χ0) is 16.4. The van der Waals surface area contributed by atoms with E-state index in [2.05, 4.69) is 14.7 Å². The molecule has 0 aliphatic carbocycles. The molecule has 0 saturated heterocycles. The summed E-state index contributed by atoms with van der Waals surface area (Å²) >= 11 is 0. The largest absolute Gasteiger partial charge is 0.479 e. The van der Waals surface area contributed by atoms with E-state index < -0.39 is 0 Å². The minimum absolute atomic E-state index is 0.136. The molecule has 124 valence electrons. The molecule has 3 heterocycles. The number of fused-ring (bicyclic) bond motifs is 1. The number of nitrogens with zero attached hydrogens (tertiary/aromatic N) is 4. The van der Waals surface area contributed by atoms with Crippen molar-refractivity contribution in [2.24, 2.45) is 0 Å². The standard InChI is InChI=1S/C15H20N4O4/c1-10-14-16-9-11(4-7-21-2)19(14)6-5-18(10)15(20)12-8-13(22-3)17-23-12/h8-10H,4-7H2,1-3H3. The van der Waals surface area contributed by atoms with Gasteiger partial charge in [0, 0.05) is 38.5 Å². The second-order valence-electron chi connectivity index (χ2n) is 5.41. The third kappa shape index (κ3) is 2.81. The van der Waals surface area contributed by atoms with Crippen molar-refractivity contribution in [2.75, 3.05) is 27.4 Å². The molecule has 2 aromatic rings. The number of hydrogen-bond acceptors (Lipinski definition) is 6. The van der Waals surface area contributed by atoms with E-state index in [1.807, 2.05) is 13.1 Å². The summed E-state index contributed by atoms with van der Waals surface area (Å²) in [4.78, 5) is 18.8. The Hall–Kier alpha value is -2.35. The van der Waals surface area contributed by atoms with Crippen LogP contribution >= 0.6 is 0 Å². The van der Waals surface area contributed by atoms with Gasteiger partial charge in [0.1, 0.15) is 5.82 Å². The zero-order valence-corrected chi connectivity index (χ0v) is 13.5. The van der Waals surface area contributed by atoms with Crippen LogP contribution in [0.25, 0.3) is 0 Å². The summed E-state index contributed by atoms with van der Waals surface area (Å²) in [6.07, 6.45) is 2.67. The molecule has 1 amide bonds. The summed E-state index contributed by atoms with van der Waals surface area (Å²) in [6, 6.07) is 1.36. The van der Waals surface area contributed by atoms with Crippen molar-refractivity contribution >= 4 is 5.91 Å². The molecule has 0 fully saturated rings. The molecule has 1 aliphatic heterocycles. The quantitative estimate of drug-likeness (QED) is 0.825. The third-order valence-electron chi connectivity index (χ3n) is 4.11. The number of rotatable bonds is 5. The molecule has 1 atom stereocenters. The Kier molecular flexibility index (Phi) is 4.33. The lowest BCUT2D eigenvalue weighted by atomic mass is 10.2. The van der Waals surface area contributed by atoms with Crippen LogP contribution in [0.15, 0.2) is 16.8 Å². The molecule has 0 radical (unpaired) electrons. The second-order valence-corrected chi connectivity index (χ2v) is 5.41. The second kappa shape index (κ2) is 6.41. The third-order valence-corrected chi connectivity index (χ3v) is 4.11. The van der Waals surface area contributed by atoms with Crippen LogP contribution in [-0.4, -0.2) is 52.9 Å². The lowest BCUT2D eigenvalue weighted by Gasteiger charge is -2.33. The first-order chi connectivity index (χ1) is 11.2. The Morgan fingerprint density at radius 2 is 2.26 bits per heavy atom. The van der Waals surface area contributed by atoms with Gasteiger partial charge in [0.05, 0.1) is 25.8 Å². The Bertz CT molecular complexity index is 693. The van der Waals surface area contributed by atoms with Gasteiger partial charge >= 0.3 is 0 Å². The minimum atomic E-state index is -0.207. The fraction of sp³-hybridized carbons (Fsp3) is 0.533. The maximum atomic E-state index is 12.6. The predicted molar refractivity (Wildman–Crippen MR) is 80.3 cm³/mol. The molecule has 3 rings (SSSR count). The predicted octanol–water partition coefficient (Wildman–Crippen LogP) is 1.29. The number of hydrogen-bond donors (Lipinski definition) is 0. The van der Waals surface area contributed by atoms with Gasteiger partial charge in [0.2, 0.25) is 5.76 Å². The Balaban J connectivity index is 1.79. The number of carbonyl (C=O) groups excluding carboxylic acids is 1. The van der Waals surface area contributed by atoms with Crippen molar-refractivity contribution in [2.45, 2.75) is 25.9 Å². The number of amides is 1. The summed E-state index contributed by atoms with van der Waals surface area (Å²) in [5.41, 5.74) is 1.13. The Morgan fingerprint density at radius 1 is 1.43 bits per heavy atom. The zero-order valence-electron chi connectivity index (χ0n) is 13.5. The molecule has 0 N–H and O–H groups in total. The van der Waals surface area contributed by atoms with Crippen molar-refractivity contribution in [3.05, 3.63) is 29.5 Å². The van der Waals surface area contributed by atoms with Gasteiger partial charge in [-0.25, -0.2) is 4.98 Å². The van der Waals surface area contributed by atoms with Crippen LogP contribution in [0.4, 0.5) is 0 Å². The van der Waals surface area contributed by atoms with Gasteiger partial charge in [-0.3, -0.25) is 4.79 Å². The molecule has 0 bridgehead atoms. The highest BCUT2D eigenvalue weighted by Crippen LogP contribution is 2.27. The molecule has 0 saturated carbocycles. The maximum Gasteiger partial charge on any atom is 0.293 e. The molecule has 1 aliphatic rings. The van der Waals surface area contributed by atoms with E-state index in [9.17, 15) is 4.79 Å². The molecule has 0 spiro atoms. The normalized spacial score (nSPS) is 17.2. The highest BCUT2D eigenvalue weighted by Gasteiger charge is 2.32. The smallest absolute Gasteiger partial charge is 0.293 e. The fourth-order valence-electron chi connectivity index (χ4n) is 2.84. The van der Waals surface area contributed by atoms with E-state index in [0.717, 1.165) is 17.9 Å². The van der Waals surface area contributed by atoms with Crippen LogP contribution in [-0.2, 0) is 17.7 Å². The van der Waals surface area contributed by atoms with Gasteiger partial charge in [0.25, 0.3) is 11.8 Å². The van der Waals surface area contributed by atoms with E-state index in [1.54, 1.807) is 12.0 Å². The topological polar surface area (TPSA) is 82.6 Å². The Labute approximate surface area is 134 Å². The number of aromatic nitrogens is 3. The lowest BCUT2D eigenvalue weighted by Crippen LogP contribution is -2.41. The van der Waals surface area contributed by atoms with E-state index in [4.69, 9.17) is 14.0 Å². The summed E-state index contributed by atoms with van der Waals surface area (Å²) in [6.45, 7) is 3.91. The van der Waals surface area contributed by atoms with E-state index in [-0.39, 0.29) is 17.7 Å². The highest BCUT2D eigenvalue weighted by atomic mass is 16.5. The summed E-state index contributed by atoms with van der Waals surface area (Å²) in [5.74, 6) is 1.14. The summed E-state index contributed by atoms with van der Waals surface area (Å²) < 4.78 is 17.3. The van der Waals surface area contributed by atoms with Crippen LogP contribution in [0.3, 0.4) is 0 Å². The van der Waals surface area contributed by atoms with Gasteiger partial charge in [-0.05, 0) is 12.1 Å². The summed E-state index contributed by atoms with van der Waals surface area (Å²) in [7, 11) is 3.16. The van der Waals surface area contributed by atoms with Crippen molar-refractivity contribution in [1.82, 2.24) is 19.6 Å². The first-order valence-corrected chi connectivity index (χ1v) is 7.50.